The molecule has 0 radical (unpaired) electrons. The molecule has 0 aliphatic rings. The van der Waals surface area contributed by atoms with E-state index < -0.39 is 0 Å². The molecule has 4 nitrogen and oxygen atoms in total. The highest BCUT2D eigenvalue weighted by molar-refractivity contribution is 5.87. The number of esters is 2. The normalized spacial score (nSPS) is 10.8. The lowest BCUT2D eigenvalue weighted by Crippen LogP contribution is -2.04. The second-order valence-electron chi connectivity index (χ2n) is 8.33. The van der Waals surface area contributed by atoms with Crippen LogP contribution >= 0.6 is 0 Å². The summed E-state index contributed by atoms with van der Waals surface area (Å²) in [6, 6.07) is 39.2. The van der Waals surface area contributed by atoms with Gasteiger partial charge in [-0.25, -0.2) is 9.59 Å². The molecule has 0 aliphatic heterocycles. The van der Waals surface area contributed by atoms with Gasteiger partial charge in [0, 0.05) is 18.6 Å². The molecule has 4 aromatic carbocycles. The summed E-state index contributed by atoms with van der Waals surface area (Å²) in [5, 5.41) is 0. The van der Waals surface area contributed by atoms with Gasteiger partial charge >= 0.3 is 11.9 Å². The Bertz CT molecular complexity index is 1330. The minimum Gasteiger partial charge on any atom is -0.462 e. The predicted octanol–water partition coefficient (Wildman–Crippen LogP) is 7.44. The molecule has 0 saturated carbocycles. The Labute approximate surface area is 230 Å². The third-order valence-electron chi connectivity index (χ3n) is 5.33. The fourth-order valence-corrected chi connectivity index (χ4v) is 3.35. The molecule has 0 spiro atoms. The molecule has 4 heteroatoms. The zero-order valence-electron chi connectivity index (χ0n) is 21.8. The van der Waals surface area contributed by atoms with E-state index in [1.165, 1.54) is 17.7 Å². The van der Waals surface area contributed by atoms with Crippen molar-refractivity contribution in [2.24, 2.45) is 0 Å². The van der Waals surface area contributed by atoms with E-state index in [0.29, 0.717) is 6.61 Å². The molecule has 0 bridgehead atoms. The van der Waals surface area contributed by atoms with E-state index in [1.807, 2.05) is 133 Å². The third-order valence-corrected chi connectivity index (χ3v) is 5.33. The number of ether oxygens (including phenoxy) is 2. The van der Waals surface area contributed by atoms with Crippen LogP contribution in [0.5, 0.6) is 0 Å². The molecular weight excluding hydrogens is 484 g/mol. The van der Waals surface area contributed by atoms with Crippen molar-refractivity contribution in [3.05, 3.63) is 162 Å². The van der Waals surface area contributed by atoms with Crippen molar-refractivity contribution in [2.75, 3.05) is 13.2 Å². The molecule has 0 heterocycles. The summed E-state index contributed by atoms with van der Waals surface area (Å²) in [7, 11) is 0. The van der Waals surface area contributed by atoms with Gasteiger partial charge in [-0.1, -0.05) is 127 Å². The fraction of sp³-hybridized carbons (Fsp3) is 0.0857. The van der Waals surface area contributed by atoms with E-state index in [-0.39, 0.29) is 18.5 Å². The molecule has 4 rings (SSSR count). The summed E-state index contributed by atoms with van der Waals surface area (Å²) in [4.78, 5) is 23.0. The molecule has 0 amide bonds. The zero-order chi connectivity index (χ0) is 27.4. The van der Waals surface area contributed by atoms with E-state index in [0.717, 1.165) is 23.1 Å². The Morgan fingerprint density at radius 3 is 1.41 bits per heavy atom. The van der Waals surface area contributed by atoms with Crippen molar-refractivity contribution < 1.29 is 19.1 Å². The van der Waals surface area contributed by atoms with Crippen molar-refractivity contribution in [2.45, 2.75) is 6.42 Å². The molecule has 0 aliphatic carbocycles. The first-order chi connectivity index (χ1) is 19.2. The largest absolute Gasteiger partial charge is 0.462 e. The van der Waals surface area contributed by atoms with Crippen LogP contribution in [0.3, 0.4) is 0 Å². The van der Waals surface area contributed by atoms with Gasteiger partial charge in [-0.15, -0.1) is 0 Å². The van der Waals surface area contributed by atoms with Crippen molar-refractivity contribution in [1.82, 2.24) is 0 Å². The van der Waals surface area contributed by atoms with Crippen LogP contribution in [0.2, 0.25) is 0 Å². The van der Waals surface area contributed by atoms with E-state index in [9.17, 15) is 9.59 Å². The SMILES string of the molecule is O=C(/C=C/c1ccccc1)OC/C=C/c1ccccc1.O=C(/C=C/c1ccccc1)OCCc1ccccc1. The maximum Gasteiger partial charge on any atom is 0.331 e. The Kier molecular flexibility index (Phi) is 12.8. The van der Waals surface area contributed by atoms with Crippen LogP contribution < -0.4 is 0 Å². The summed E-state index contributed by atoms with van der Waals surface area (Å²) >= 11 is 0. The maximum absolute atomic E-state index is 11.5. The lowest BCUT2D eigenvalue weighted by atomic mass is 10.2. The molecule has 0 aromatic heterocycles. The van der Waals surface area contributed by atoms with Crippen LogP contribution in [-0.2, 0) is 25.5 Å². The molecule has 39 heavy (non-hydrogen) atoms. The van der Waals surface area contributed by atoms with Crippen LogP contribution in [-0.4, -0.2) is 25.2 Å². The highest BCUT2D eigenvalue weighted by Gasteiger charge is 1.98. The fourth-order valence-electron chi connectivity index (χ4n) is 3.35. The molecular formula is C35H32O4. The second-order valence-corrected chi connectivity index (χ2v) is 8.33. The van der Waals surface area contributed by atoms with Crippen LogP contribution in [0.15, 0.2) is 140 Å². The molecule has 0 saturated heterocycles. The van der Waals surface area contributed by atoms with Gasteiger partial charge in [-0.3, -0.25) is 0 Å². The van der Waals surface area contributed by atoms with Crippen LogP contribution in [0, 0.1) is 0 Å². The van der Waals surface area contributed by atoms with Crippen LogP contribution in [0.4, 0.5) is 0 Å². The third kappa shape index (κ3) is 12.7. The van der Waals surface area contributed by atoms with E-state index in [2.05, 4.69) is 0 Å². The van der Waals surface area contributed by atoms with Crippen molar-refractivity contribution in [3.63, 3.8) is 0 Å². The van der Waals surface area contributed by atoms with Crippen LogP contribution in [0.25, 0.3) is 18.2 Å². The van der Waals surface area contributed by atoms with Gasteiger partial charge in [-0.05, 0) is 40.5 Å². The van der Waals surface area contributed by atoms with Gasteiger partial charge in [0.15, 0.2) is 0 Å². The highest BCUT2D eigenvalue weighted by atomic mass is 16.5. The first-order valence-corrected chi connectivity index (χ1v) is 12.7. The number of carbonyl (C=O) groups excluding carboxylic acids is 2. The summed E-state index contributed by atoms with van der Waals surface area (Å²) < 4.78 is 10.2. The number of hydrogen-bond donors (Lipinski definition) is 0. The predicted molar refractivity (Wildman–Crippen MR) is 158 cm³/mol. The van der Waals surface area contributed by atoms with Gasteiger partial charge in [0.1, 0.15) is 6.61 Å². The van der Waals surface area contributed by atoms with Crippen molar-refractivity contribution in [1.29, 1.82) is 0 Å². The van der Waals surface area contributed by atoms with E-state index >= 15 is 0 Å². The van der Waals surface area contributed by atoms with Crippen molar-refractivity contribution in [3.8, 4) is 0 Å². The molecule has 4 aromatic rings. The van der Waals surface area contributed by atoms with E-state index in [1.54, 1.807) is 12.2 Å². The van der Waals surface area contributed by atoms with Gasteiger partial charge in [-0.2, -0.15) is 0 Å². The summed E-state index contributed by atoms with van der Waals surface area (Å²) in [6.07, 6.45) is 10.9. The van der Waals surface area contributed by atoms with Gasteiger partial charge in [0.2, 0.25) is 0 Å². The maximum atomic E-state index is 11.5. The smallest absolute Gasteiger partial charge is 0.331 e. The number of carbonyl (C=O) groups is 2. The Morgan fingerprint density at radius 2 is 0.923 bits per heavy atom. The average molecular weight is 517 g/mol. The quantitative estimate of drug-likeness (QED) is 0.162. The minimum atomic E-state index is -0.341. The Hall–Kier alpha value is -4.96. The molecule has 0 unspecified atom stereocenters. The Morgan fingerprint density at radius 1 is 0.513 bits per heavy atom. The molecule has 0 fully saturated rings. The lowest BCUT2D eigenvalue weighted by Gasteiger charge is -2.02. The van der Waals surface area contributed by atoms with E-state index in [4.69, 9.17) is 9.47 Å². The van der Waals surface area contributed by atoms with Crippen LogP contribution in [0.1, 0.15) is 22.3 Å². The Balaban J connectivity index is 0.000000216. The molecule has 196 valence electrons. The first-order valence-electron chi connectivity index (χ1n) is 12.7. The van der Waals surface area contributed by atoms with Crippen molar-refractivity contribution >= 4 is 30.2 Å². The highest BCUT2D eigenvalue weighted by Crippen LogP contribution is 2.04. The first kappa shape index (κ1) is 28.6. The number of rotatable bonds is 10. The average Bonchev–Trinajstić information content (AvgIpc) is 3.00. The number of benzene rings is 4. The summed E-state index contributed by atoms with van der Waals surface area (Å²) in [6.45, 7) is 0.675. The topological polar surface area (TPSA) is 52.6 Å². The number of hydrogen-bond acceptors (Lipinski definition) is 4. The van der Waals surface area contributed by atoms with Gasteiger partial charge in [0.05, 0.1) is 6.61 Å². The monoisotopic (exact) mass is 516 g/mol. The zero-order valence-corrected chi connectivity index (χ0v) is 21.8. The van der Waals surface area contributed by atoms with Gasteiger partial charge < -0.3 is 9.47 Å². The summed E-state index contributed by atoms with van der Waals surface area (Å²) in [5.74, 6) is -0.647. The second kappa shape index (κ2) is 17.5. The standard InChI is InChI=1S/C18H16O2.C17H16O2/c19-18(14-13-17-10-5-2-6-11-17)20-15-7-12-16-8-3-1-4-9-16;18-17(12-11-15-7-3-1-4-8-15)19-14-13-16-9-5-2-6-10-16/h1-14H,15H2;1-12H,13-14H2/b12-7+,14-13+;12-11+. The summed E-state index contributed by atoms with van der Waals surface area (Å²) in [5.41, 5.74) is 4.22. The van der Waals surface area contributed by atoms with Gasteiger partial charge in [0.25, 0.3) is 0 Å². The molecule has 0 atom stereocenters. The minimum absolute atomic E-state index is 0.271. The lowest BCUT2D eigenvalue weighted by molar-refractivity contribution is -0.138. The molecule has 0 N–H and O–H groups in total.